The molecule has 0 amide bonds. The molecule has 1 N–H and O–H groups in total. The van der Waals surface area contributed by atoms with E-state index in [4.69, 9.17) is 21.1 Å². The molecule has 3 rings (SSSR count). The van der Waals surface area contributed by atoms with Gasteiger partial charge in [-0.2, -0.15) is 13.2 Å². The number of rotatable bonds is 7. The van der Waals surface area contributed by atoms with Crippen LogP contribution in [-0.4, -0.2) is 38.8 Å². The van der Waals surface area contributed by atoms with Crippen molar-refractivity contribution in [1.29, 1.82) is 0 Å². The van der Waals surface area contributed by atoms with Gasteiger partial charge in [0.25, 0.3) is 0 Å². The van der Waals surface area contributed by atoms with Gasteiger partial charge in [-0.1, -0.05) is 24.1 Å². The van der Waals surface area contributed by atoms with Gasteiger partial charge in [0.1, 0.15) is 0 Å². The summed E-state index contributed by atoms with van der Waals surface area (Å²) in [6, 6.07) is 10.1. The Balaban J connectivity index is 1.67. The molecule has 0 unspecified atom stereocenters. The summed E-state index contributed by atoms with van der Waals surface area (Å²) in [6.45, 7) is 2.18. The molecule has 0 aliphatic carbocycles. The summed E-state index contributed by atoms with van der Waals surface area (Å²) in [5.41, 5.74) is 0.736. The van der Waals surface area contributed by atoms with Crippen LogP contribution in [0.1, 0.15) is 36.4 Å². The van der Waals surface area contributed by atoms with E-state index in [1.54, 1.807) is 20.3 Å². The Morgan fingerprint density at radius 1 is 1.07 bits per heavy atom. The van der Waals surface area contributed by atoms with Crippen LogP contribution in [0.2, 0.25) is 5.02 Å². The lowest BCUT2D eigenvalue weighted by Gasteiger charge is -2.36. The molecule has 1 saturated heterocycles. The SMILES string of the molecule is COc1ccc([C@@H]2CCCCN2CCNc2ccc(Cl)c(C(F)(F)F)c2)cc1OC. The highest BCUT2D eigenvalue weighted by molar-refractivity contribution is 6.31. The first-order valence-electron chi connectivity index (χ1n) is 9.90. The van der Waals surface area contributed by atoms with Crippen LogP contribution in [0, 0.1) is 0 Å². The van der Waals surface area contributed by atoms with Gasteiger partial charge in [-0.15, -0.1) is 0 Å². The van der Waals surface area contributed by atoms with Crippen LogP contribution in [0.3, 0.4) is 0 Å². The highest BCUT2D eigenvalue weighted by Gasteiger charge is 2.33. The Hall–Kier alpha value is -2.12. The van der Waals surface area contributed by atoms with Gasteiger partial charge in [0.15, 0.2) is 11.5 Å². The molecule has 164 valence electrons. The molecule has 1 fully saturated rings. The van der Waals surface area contributed by atoms with Crippen molar-refractivity contribution in [3.8, 4) is 11.5 Å². The number of halogens is 4. The molecule has 0 aromatic heterocycles. The van der Waals surface area contributed by atoms with Crippen LogP contribution < -0.4 is 14.8 Å². The lowest BCUT2D eigenvalue weighted by Crippen LogP contribution is -2.36. The minimum atomic E-state index is -4.47. The number of nitrogens with zero attached hydrogens (tertiary/aromatic N) is 1. The standard InChI is InChI=1S/C22H26ClF3N2O2/c1-29-20-9-6-15(13-21(20)30-2)19-5-3-4-11-28(19)12-10-27-16-7-8-18(23)17(14-16)22(24,25)26/h6-9,13-14,19,27H,3-5,10-12H2,1-2H3/t19-/m0/s1. The highest BCUT2D eigenvalue weighted by Crippen LogP contribution is 2.37. The Labute approximate surface area is 179 Å². The quantitative estimate of drug-likeness (QED) is 0.569. The Kier molecular flexibility index (Phi) is 7.36. The fraction of sp³-hybridized carbons (Fsp3) is 0.455. The van der Waals surface area contributed by atoms with Gasteiger partial charge in [0, 0.05) is 24.8 Å². The maximum absolute atomic E-state index is 13.1. The molecule has 0 spiro atoms. The molecular formula is C22H26ClF3N2O2. The third kappa shape index (κ3) is 5.32. The number of anilines is 1. The van der Waals surface area contributed by atoms with E-state index < -0.39 is 11.7 Å². The predicted molar refractivity (Wildman–Crippen MR) is 113 cm³/mol. The van der Waals surface area contributed by atoms with Crippen molar-refractivity contribution in [2.24, 2.45) is 0 Å². The van der Waals surface area contributed by atoms with Crippen molar-refractivity contribution in [1.82, 2.24) is 4.90 Å². The summed E-state index contributed by atoms with van der Waals surface area (Å²) in [4.78, 5) is 2.36. The molecule has 0 bridgehead atoms. The Morgan fingerprint density at radius 3 is 2.53 bits per heavy atom. The second-order valence-corrected chi connectivity index (χ2v) is 7.69. The molecule has 0 radical (unpaired) electrons. The van der Waals surface area contributed by atoms with Gasteiger partial charge in [-0.3, -0.25) is 4.90 Å². The zero-order valence-electron chi connectivity index (χ0n) is 17.1. The molecule has 1 heterocycles. The lowest BCUT2D eigenvalue weighted by atomic mass is 9.95. The average molecular weight is 443 g/mol. The summed E-state index contributed by atoms with van der Waals surface area (Å²) in [5.74, 6) is 1.38. The average Bonchev–Trinajstić information content (AvgIpc) is 2.74. The second kappa shape index (κ2) is 9.79. The summed E-state index contributed by atoms with van der Waals surface area (Å²) in [5, 5.41) is 2.81. The maximum Gasteiger partial charge on any atom is 0.417 e. The molecule has 1 aliphatic heterocycles. The maximum atomic E-state index is 13.1. The third-order valence-electron chi connectivity index (χ3n) is 5.41. The molecule has 30 heavy (non-hydrogen) atoms. The van der Waals surface area contributed by atoms with E-state index in [-0.39, 0.29) is 11.1 Å². The van der Waals surface area contributed by atoms with E-state index in [0.29, 0.717) is 30.3 Å². The number of nitrogens with one attached hydrogen (secondary N) is 1. The fourth-order valence-corrected chi connectivity index (χ4v) is 4.12. The van der Waals surface area contributed by atoms with E-state index in [1.807, 2.05) is 18.2 Å². The Morgan fingerprint density at radius 2 is 1.83 bits per heavy atom. The van der Waals surface area contributed by atoms with Crippen LogP contribution in [0.25, 0.3) is 0 Å². The first-order valence-corrected chi connectivity index (χ1v) is 10.3. The number of hydrogen-bond acceptors (Lipinski definition) is 4. The van der Waals surface area contributed by atoms with E-state index in [1.165, 1.54) is 6.07 Å². The lowest BCUT2D eigenvalue weighted by molar-refractivity contribution is -0.137. The smallest absolute Gasteiger partial charge is 0.417 e. The minimum Gasteiger partial charge on any atom is -0.493 e. The topological polar surface area (TPSA) is 33.7 Å². The van der Waals surface area contributed by atoms with Crippen LogP contribution in [0.5, 0.6) is 11.5 Å². The number of likely N-dealkylation sites (tertiary alicyclic amines) is 1. The normalized spacial score (nSPS) is 17.6. The van der Waals surface area contributed by atoms with Crippen molar-refractivity contribution in [2.45, 2.75) is 31.5 Å². The first-order chi connectivity index (χ1) is 14.3. The number of ether oxygens (including phenoxy) is 2. The zero-order chi connectivity index (χ0) is 21.7. The van der Waals surface area contributed by atoms with Crippen molar-refractivity contribution in [3.63, 3.8) is 0 Å². The van der Waals surface area contributed by atoms with Crippen molar-refractivity contribution in [2.75, 3.05) is 39.2 Å². The van der Waals surface area contributed by atoms with Crippen LogP contribution in [0.4, 0.5) is 18.9 Å². The molecule has 4 nitrogen and oxygen atoms in total. The number of alkyl halides is 3. The van der Waals surface area contributed by atoms with Crippen LogP contribution in [-0.2, 0) is 6.18 Å². The molecule has 2 aromatic carbocycles. The largest absolute Gasteiger partial charge is 0.493 e. The van der Waals surface area contributed by atoms with Gasteiger partial charge in [0.05, 0.1) is 24.8 Å². The molecule has 0 saturated carbocycles. The van der Waals surface area contributed by atoms with Crippen LogP contribution in [0.15, 0.2) is 36.4 Å². The van der Waals surface area contributed by atoms with E-state index >= 15 is 0 Å². The summed E-state index contributed by atoms with van der Waals surface area (Å²) in [7, 11) is 3.22. The molecule has 8 heteroatoms. The fourth-order valence-electron chi connectivity index (χ4n) is 3.89. The van der Waals surface area contributed by atoms with Gasteiger partial charge in [-0.05, 0) is 55.3 Å². The first kappa shape index (κ1) is 22.6. The van der Waals surface area contributed by atoms with Crippen molar-refractivity contribution in [3.05, 3.63) is 52.5 Å². The summed E-state index contributed by atoms with van der Waals surface area (Å²) < 4.78 is 49.9. The van der Waals surface area contributed by atoms with Crippen LogP contribution >= 0.6 is 11.6 Å². The van der Waals surface area contributed by atoms with Gasteiger partial charge in [0.2, 0.25) is 0 Å². The number of hydrogen-bond donors (Lipinski definition) is 1. The summed E-state index contributed by atoms with van der Waals surface area (Å²) in [6.07, 6.45) is -1.22. The molecule has 1 aliphatic rings. The summed E-state index contributed by atoms with van der Waals surface area (Å²) >= 11 is 5.69. The molecule has 2 aromatic rings. The third-order valence-corrected chi connectivity index (χ3v) is 5.74. The van der Waals surface area contributed by atoms with E-state index in [9.17, 15) is 13.2 Å². The second-order valence-electron chi connectivity index (χ2n) is 7.28. The van der Waals surface area contributed by atoms with E-state index in [2.05, 4.69) is 10.2 Å². The predicted octanol–water partition coefficient (Wildman–Crippen LogP) is 6.02. The molecular weight excluding hydrogens is 417 g/mol. The molecule has 1 atom stereocenters. The van der Waals surface area contributed by atoms with Gasteiger partial charge in [-0.25, -0.2) is 0 Å². The van der Waals surface area contributed by atoms with Crippen molar-refractivity contribution >= 4 is 17.3 Å². The monoisotopic (exact) mass is 442 g/mol. The van der Waals surface area contributed by atoms with Crippen molar-refractivity contribution < 1.29 is 22.6 Å². The number of methoxy groups -OCH3 is 2. The van der Waals surface area contributed by atoms with Gasteiger partial charge >= 0.3 is 6.18 Å². The van der Waals surface area contributed by atoms with E-state index in [0.717, 1.165) is 37.4 Å². The number of piperidine rings is 1. The highest BCUT2D eigenvalue weighted by atomic mass is 35.5. The number of benzene rings is 2. The zero-order valence-corrected chi connectivity index (χ0v) is 17.8. The van der Waals surface area contributed by atoms with Gasteiger partial charge < -0.3 is 14.8 Å². The Bertz CT molecular complexity index is 861. The minimum absolute atomic E-state index is 0.233.